The first-order valence-corrected chi connectivity index (χ1v) is 7.72. The lowest BCUT2D eigenvalue weighted by Gasteiger charge is -2.13. The van der Waals surface area contributed by atoms with Gasteiger partial charge in [-0.2, -0.15) is 0 Å². The van der Waals surface area contributed by atoms with E-state index in [0.29, 0.717) is 16.6 Å². The number of carbonyl (C=O) groups is 2. The number of fused-ring (bicyclic) bond motifs is 1. The van der Waals surface area contributed by atoms with Crippen molar-refractivity contribution in [1.82, 2.24) is 15.3 Å². The molecule has 1 atom stereocenters. The molecule has 23 heavy (non-hydrogen) atoms. The third-order valence-electron chi connectivity index (χ3n) is 3.35. The van der Waals surface area contributed by atoms with Gasteiger partial charge in [-0.05, 0) is 29.6 Å². The number of H-pyrrole nitrogens is 1. The highest BCUT2D eigenvalue weighted by atomic mass is 32.1. The van der Waals surface area contributed by atoms with Crippen LogP contribution in [0.3, 0.4) is 0 Å². The minimum absolute atomic E-state index is 0.246. The lowest BCUT2D eigenvalue weighted by molar-refractivity contribution is -0.139. The van der Waals surface area contributed by atoms with Crippen LogP contribution >= 0.6 is 11.3 Å². The second-order valence-electron chi connectivity index (χ2n) is 5.00. The number of carbonyl (C=O) groups excluding carboxylic acids is 1. The molecule has 0 spiro atoms. The zero-order valence-corrected chi connectivity index (χ0v) is 12.8. The Hall–Kier alpha value is -2.87. The number of aromatic nitrogens is 2. The van der Waals surface area contributed by atoms with E-state index in [1.54, 1.807) is 18.2 Å². The molecule has 1 amide bonds. The summed E-state index contributed by atoms with van der Waals surface area (Å²) < 4.78 is 0. The topological polar surface area (TPSA) is 121 Å². The van der Waals surface area contributed by atoms with Crippen LogP contribution in [-0.4, -0.2) is 33.0 Å². The Kier molecular flexibility index (Phi) is 3.98. The molecule has 0 aliphatic carbocycles. The molecule has 7 nitrogen and oxygen atoms in total. The van der Waals surface area contributed by atoms with Crippen LogP contribution in [-0.2, 0) is 11.2 Å². The molecule has 0 aliphatic rings. The van der Waals surface area contributed by atoms with Crippen molar-refractivity contribution in [1.29, 1.82) is 0 Å². The third kappa shape index (κ3) is 3.32. The number of hydrogen-bond acceptors (Lipinski definition) is 5. The first kappa shape index (κ1) is 15.0. The van der Waals surface area contributed by atoms with E-state index in [-0.39, 0.29) is 12.4 Å². The van der Waals surface area contributed by atoms with E-state index in [0.717, 1.165) is 4.88 Å². The summed E-state index contributed by atoms with van der Waals surface area (Å²) in [6, 6.07) is 7.55. The van der Waals surface area contributed by atoms with Crippen LogP contribution in [0, 0.1) is 0 Å². The van der Waals surface area contributed by atoms with Crippen LogP contribution in [0.5, 0.6) is 0 Å². The molecule has 3 rings (SSSR count). The standard InChI is InChI=1S/C15H14N4O3S/c16-15-18-10-4-3-8(6-11(10)19-15)13(20)17-12(14(21)22)7-9-2-1-5-23-9/h1-6,12H,7H2,(H,17,20)(H,21,22)(H3,16,18,19)/t12-/m0/s1. The Labute approximate surface area is 135 Å². The summed E-state index contributed by atoms with van der Waals surface area (Å²) in [5, 5.41) is 13.7. The summed E-state index contributed by atoms with van der Waals surface area (Å²) in [5.74, 6) is -1.27. The van der Waals surface area contributed by atoms with Crippen LogP contribution in [0.25, 0.3) is 11.0 Å². The first-order chi connectivity index (χ1) is 11.0. The number of amides is 1. The average Bonchev–Trinajstić information content (AvgIpc) is 3.13. The molecule has 0 radical (unpaired) electrons. The van der Waals surface area contributed by atoms with Gasteiger partial charge in [-0.25, -0.2) is 9.78 Å². The van der Waals surface area contributed by atoms with Gasteiger partial charge in [0.1, 0.15) is 6.04 Å². The SMILES string of the molecule is Nc1nc2cc(C(=O)N[C@@H](Cc3cccs3)C(=O)O)ccc2[nH]1. The zero-order valence-electron chi connectivity index (χ0n) is 11.9. The van der Waals surface area contributed by atoms with Gasteiger partial charge >= 0.3 is 5.97 Å². The van der Waals surface area contributed by atoms with Crippen molar-refractivity contribution in [3.8, 4) is 0 Å². The van der Waals surface area contributed by atoms with E-state index in [4.69, 9.17) is 5.73 Å². The largest absolute Gasteiger partial charge is 0.480 e. The van der Waals surface area contributed by atoms with Gasteiger partial charge in [0.2, 0.25) is 0 Å². The van der Waals surface area contributed by atoms with Crippen LogP contribution in [0.15, 0.2) is 35.7 Å². The highest BCUT2D eigenvalue weighted by Gasteiger charge is 2.21. The number of carboxylic acid groups (broad SMARTS) is 1. The van der Waals surface area contributed by atoms with Crippen molar-refractivity contribution >= 4 is 40.2 Å². The Balaban J connectivity index is 1.78. The summed E-state index contributed by atoms with van der Waals surface area (Å²) in [6.07, 6.45) is 0.246. The van der Waals surface area contributed by atoms with Crippen LogP contribution < -0.4 is 11.1 Å². The quantitative estimate of drug-likeness (QED) is 0.566. The molecule has 118 valence electrons. The Bertz CT molecular complexity index is 857. The van der Waals surface area contributed by atoms with Crippen molar-refractivity contribution in [3.63, 3.8) is 0 Å². The summed E-state index contributed by atoms with van der Waals surface area (Å²) >= 11 is 1.45. The predicted octanol–water partition coefficient (Wildman–Crippen LogP) is 1.63. The molecule has 8 heteroatoms. The number of imidazole rings is 1. The monoisotopic (exact) mass is 330 g/mol. The van der Waals surface area contributed by atoms with E-state index in [1.165, 1.54) is 11.3 Å². The number of carboxylic acids is 1. The molecule has 0 saturated heterocycles. The summed E-state index contributed by atoms with van der Waals surface area (Å²) in [7, 11) is 0. The fourth-order valence-electron chi connectivity index (χ4n) is 2.24. The van der Waals surface area contributed by atoms with Gasteiger partial charge < -0.3 is 21.1 Å². The van der Waals surface area contributed by atoms with Gasteiger partial charge in [-0.1, -0.05) is 6.07 Å². The molecular formula is C15H14N4O3S. The van der Waals surface area contributed by atoms with E-state index < -0.39 is 17.9 Å². The van der Waals surface area contributed by atoms with Gasteiger partial charge in [-0.15, -0.1) is 11.3 Å². The Morgan fingerprint density at radius 2 is 2.22 bits per heavy atom. The molecule has 2 aromatic heterocycles. The van der Waals surface area contributed by atoms with E-state index in [1.807, 2.05) is 17.5 Å². The Morgan fingerprint density at radius 3 is 2.91 bits per heavy atom. The van der Waals surface area contributed by atoms with Crippen LogP contribution in [0.1, 0.15) is 15.2 Å². The number of nitrogens with zero attached hydrogens (tertiary/aromatic N) is 1. The lowest BCUT2D eigenvalue weighted by Crippen LogP contribution is -2.42. The normalized spacial score (nSPS) is 12.2. The second-order valence-corrected chi connectivity index (χ2v) is 6.03. The molecule has 0 bridgehead atoms. The second kappa shape index (κ2) is 6.09. The number of anilines is 1. The van der Waals surface area contributed by atoms with Gasteiger partial charge in [0.25, 0.3) is 5.91 Å². The number of rotatable bonds is 5. The van der Waals surface area contributed by atoms with Crippen molar-refractivity contribution < 1.29 is 14.7 Å². The maximum absolute atomic E-state index is 12.3. The van der Waals surface area contributed by atoms with Crippen molar-refractivity contribution in [2.75, 3.05) is 5.73 Å². The fraction of sp³-hybridized carbons (Fsp3) is 0.133. The van der Waals surface area contributed by atoms with E-state index in [9.17, 15) is 14.7 Å². The van der Waals surface area contributed by atoms with Crippen LogP contribution in [0.2, 0.25) is 0 Å². The number of aliphatic carboxylic acids is 1. The molecule has 3 aromatic rings. The summed E-state index contributed by atoms with van der Waals surface area (Å²) in [4.78, 5) is 31.5. The number of aromatic amines is 1. The maximum Gasteiger partial charge on any atom is 0.326 e. The molecule has 1 aromatic carbocycles. The third-order valence-corrected chi connectivity index (χ3v) is 4.25. The maximum atomic E-state index is 12.3. The van der Waals surface area contributed by atoms with Crippen molar-refractivity contribution in [3.05, 3.63) is 46.2 Å². The minimum atomic E-state index is -1.07. The van der Waals surface area contributed by atoms with Crippen LogP contribution in [0.4, 0.5) is 5.95 Å². The zero-order chi connectivity index (χ0) is 16.4. The minimum Gasteiger partial charge on any atom is -0.480 e. The van der Waals surface area contributed by atoms with Gasteiger partial charge in [0.15, 0.2) is 5.95 Å². The van der Waals surface area contributed by atoms with E-state index in [2.05, 4.69) is 15.3 Å². The number of benzene rings is 1. The van der Waals surface area contributed by atoms with Crippen molar-refractivity contribution in [2.24, 2.45) is 0 Å². The summed E-state index contributed by atoms with van der Waals surface area (Å²) in [6.45, 7) is 0. The van der Waals surface area contributed by atoms with Gasteiger partial charge in [0.05, 0.1) is 11.0 Å². The molecule has 0 unspecified atom stereocenters. The molecule has 0 fully saturated rings. The first-order valence-electron chi connectivity index (χ1n) is 6.84. The van der Waals surface area contributed by atoms with Gasteiger partial charge in [-0.3, -0.25) is 4.79 Å². The molecule has 0 saturated carbocycles. The van der Waals surface area contributed by atoms with Gasteiger partial charge in [0, 0.05) is 16.9 Å². The highest BCUT2D eigenvalue weighted by molar-refractivity contribution is 7.09. The number of nitrogens with one attached hydrogen (secondary N) is 2. The van der Waals surface area contributed by atoms with E-state index >= 15 is 0 Å². The summed E-state index contributed by atoms with van der Waals surface area (Å²) in [5.41, 5.74) is 7.17. The van der Waals surface area contributed by atoms with Crippen molar-refractivity contribution in [2.45, 2.75) is 12.5 Å². The smallest absolute Gasteiger partial charge is 0.326 e. The number of thiophene rings is 1. The number of hydrogen-bond donors (Lipinski definition) is 4. The molecule has 5 N–H and O–H groups in total. The molecule has 2 heterocycles. The highest BCUT2D eigenvalue weighted by Crippen LogP contribution is 2.15. The Morgan fingerprint density at radius 1 is 1.39 bits per heavy atom. The molecular weight excluding hydrogens is 316 g/mol. The molecule has 0 aliphatic heterocycles. The average molecular weight is 330 g/mol. The predicted molar refractivity (Wildman–Crippen MR) is 87.4 cm³/mol. The lowest BCUT2D eigenvalue weighted by atomic mass is 10.1. The number of nitrogen functional groups attached to an aromatic ring is 1. The fourth-order valence-corrected chi connectivity index (χ4v) is 2.99. The number of nitrogens with two attached hydrogens (primary N) is 1.